The summed E-state index contributed by atoms with van der Waals surface area (Å²) >= 11 is 0. The first kappa shape index (κ1) is 10.4. The Labute approximate surface area is 92.7 Å². The number of hydrogen-bond acceptors (Lipinski definition) is 3. The van der Waals surface area contributed by atoms with E-state index < -0.39 is 5.82 Å². The maximum Gasteiger partial charge on any atom is 0.219 e. The van der Waals surface area contributed by atoms with Gasteiger partial charge in [0.2, 0.25) is 5.88 Å². The number of nitrogens with zero attached hydrogens (tertiary/aromatic N) is 1. The molecule has 1 aromatic carbocycles. The molecular formula is C12H11FN2O. The molecule has 1 heterocycles. The minimum absolute atomic E-state index is 0.0144. The summed E-state index contributed by atoms with van der Waals surface area (Å²) in [5.74, 6) is -0.152. The summed E-state index contributed by atoms with van der Waals surface area (Å²) in [4.78, 5) is 3.97. The molecule has 0 saturated heterocycles. The van der Waals surface area contributed by atoms with Crippen molar-refractivity contribution in [3.63, 3.8) is 0 Å². The van der Waals surface area contributed by atoms with E-state index in [0.29, 0.717) is 5.88 Å². The first-order valence-electron chi connectivity index (χ1n) is 4.81. The number of ether oxygens (including phenoxy) is 1. The highest BCUT2D eigenvalue weighted by atomic mass is 19.1. The molecule has 0 spiro atoms. The Bertz CT molecular complexity index is 494. The molecule has 0 unspecified atom stereocenters. The highest BCUT2D eigenvalue weighted by Gasteiger charge is 2.08. The van der Waals surface area contributed by atoms with Crippen LogP contribution in [0.1, 0.15) is 5.56 Å². The molecule has 2 N–H and O–H groups in total. The van der Waals surface area contributed by atoms with Gasteiger partial charge in [-0.1, -0.05) is 6.07 Å². The summed E-state index contributed by atoms with van der Waals surface area (Å²) in [7, 11) is 0. The summed E-state index contributed by atoms with van der Waals surface area (Å²) in [6, 6.07) is 7.94. The van der Waals surface area contributed by atoms with Gasteiger partial charge in [-0.15, -0.1) is 0 Å². The Balaban J connectivity index is 2.34. The lowest BCUT2D eigenvalue weighted by Gasteiger charge is -2.08. The van der Waals surface area contributed by atoms with E-state index in [4.69, 9.17) is 10.5 Å². The van der Waals surface area contributed by atoms with Crippen LogP contribution in [0.4, 0.5) is 10.1 Å². The lowest BCUT2D eigenvalue weighted by Crippen LogP contribution is -1.96. The van der Waals surface area contributed by atoms with Gasteiger partial charge in [-0.25, -0.2) is 9.37 Å². The molecule has 4 heteroatoms. The number of anilines is 1. The van der Waals surface area contributed by atoms with Gasteiger partial charge in [-0.2, -0.15) is 0 Å². The Kier molecular flexibility index (Phi) is 2.72. The Morgan fingerprint density at radius 3 is 2.81 bits per heavy atom. The quantitative estimate of drug-likeness (QED) is 0.788. The Morgan fingerprint density at radius 1 is 1.31 bits per heavy atom. The molecule has 0 bridgehead atoms. The van der Waals surface area contributed by atoms with Gasteiger partial charge in [-0.3, -0.25) is 0 Å². The fraction of sp³-hybridized carbons (Fsp3) is 0.0833. The third-order valence-electron chi connectivity index (χ3n) is 2.09. The van der Waals surface area contributed by atoms with Crippen molar-refractivity contribution in [3.05, 3.63) is 47.9 Å². The number of aryl methyl sites for hydroxylation is 1. The van der Waals surface area contributed by atoms with Gasteiger partial charge >= 0.3 is 0 Å². The zero-order chi connectivity index (χ0) is 11.5. The van der Waals surface area contributed by atoms with Crippen LogP contribution < -0.4 is 10.5 Å². The lowest BCUT2D eigenvalue weighted by molar-refractivity contribution is 0.429. The van der Waals surface area contributed by atoms with Gasteiger partial charge in [0, 0.05) is 12.3 Å². The molecule has 2 rings (SSSR count). The fourth-order valence-electron chi connectivity index (χ4n) is 1.30. The van der Waals surface area contributed by atoms with Crippen LogP contribution in [0.2, 0.25) is 0 Å². The molecule has 3 nitrogen and oxygen atoms in total. The number of nitrogen functional groups attached to an aromatic ring is 1. The van der Waals surface area contributed by atoms with Crippen LogP contribution >= 0.6 is 0 Å². The van der Waals surface area contributed by atoms with Crippen molar-refractivity contribution >= 4 is 5.69 Å². The first-order valence-corrected chi connectivity index (χ1v) is 4.81. The molecule has 0 radical (unpaired) electrons. The summed E-state index contributed by atoms with van der Waals surface area (Å²) < 4.78 is 18.7. The Hall–Kier alpha value is -2.10. The average Bonchev–Trinajstić information content (AvgIpc) is 2.24. The number of nitrogens with two attached hydrogens (primary N) is 1. The van der Waals surface area contributed by atoms with E-state index in [9.17, 15) is 4.39 Å². The second-order valence-electron chi connectivity index (χ2n) is 3.43. The number of hydrogen-bond donors (Lipinski definition) is 1. The van der Waals surface area contributed by atoms with Crippen LogP contribution in [0.5, 0.6) is 11.6 Å². The third-order valence-corrected chi connectivity index (χ3v) is 2.09. The number of aromatic nitrogens is 1. The van der Waals surface area contributed by atoms with E-state index in [1.807, 2.05) is 13.0 Å². The van der Waals surface area contributed by atoms with E-state index in [1.165, 1.54) is 12.1 Å². The summed E-state index contributed by atoms with van der Waals surface area (Å²) in [5, 5.41) is 0. The fourth-order valence-corrected chi connectivity index (χ4v) is 1.30. The van der Waals surface area contributed by atoms with Crippen LogP contribution in [0.3, 0.4) is 0 Å². The minimum Gasteiger partial charge on any atom is -0.434 e. The van der Waals surface area contributed by atoms with Crippen LogP contribution in [0, 0.1) is 12.7 Å². The van der Waals surface area contributed by atoms with Crippen molar-refractivity contribution in [2.45, 2.75) is 6.92 Å². The van der Waals surface area contributed by atoms with E-state index >= 15 is 0 Å². The van der Waals surface area contributed by atoms with Crippen molar-refractivity contribution in [2.24, 2.45) is 0 Å². The third kappa shape index (κ3) is 2.11. The van der Waals surface area contributed by atoms with Gasteiger partial charge in [0.1, 0.15) is 0 Å². The highest BCUT2D eigenvalue weighted by Crippen LogP contribution is 2.29. The molecule has 0 aliphatic rings. The smallest absolute Gasteiger partial charge is 0.219 e. The second-order valence-corrected chi connectivity index (χ2v) is 3.43. The van der Waals surface area contributed by atoms with Gasteiger partial charge in [0.15, 0.2) is 11.6 Å². The van der Waals surface area contributed by atoms with Gasteiger partial charge in [0.25, 0.3) is 0 Å². The molecular weight excluding hydrogens is 207 g/mol. The number of rotatable bonds is 2. The number of pyridine rings is 1. The van der Waals surface area contributed by atoms with E-state index in [1.54, 1.807) is 18.3 Å². The predicted octanol–water partition coefficient (Wildman–Crippen LogP) is 2.90. The Morgan fingerprint density at radius 2 is 2.12 bits per heavy atom. The highest BCUT2D eigenvalue weighted by molar-refractivity contribution is 5.54. The first-order chi connectivity index (χ1) is 7.66. The molecule has 0 aliphatic heterocycles. The number of halogens is 1. The molecule has 2 aromatic rings. The topological polar surface area (TPSA) is 48.1 Å². The maximum absolute atomic E-state index is 13.4. The van der Waals surface area contributed by atoms with Crippen molar-refractivity contribution in [2.75, 3.05) is 5.73 Å². The molecule has 0 fully saturated rings. The summed E-state index contributed by atoms with van der Waals surface area (Å²) in [6.07, 6.45) is 1.60. The van der Waals surface area contributed by atoms with Gasteiger partial charge < -0.3 is 10.5 Å². The van der Waals surface area contributed by atoms with Crippen LogP contribution in [-0.2, 0) is 0 Å². The molecule has 0 saturated carbocycles. The normalized spacial score (nSPS) is 10.1. The number of para-hydroxylation sites is 1. The minimum atomic E-state index is -0.497. The van der Waals surface area contributed by atoms with Crippen molar-refractivity contribution in [1.82, 2.24) is 4.98 Å². The zero-order valence-corrected chi connectivity index (χ0v) is 8.77. The van der Waals surface area contributed by atoms with Gasteiger partial charge in [0.05, 0.1) is 5.69 Å². The average molecular weight is 218 g/mol. The SMILES string of the molecule is Cc1ccnc(Oc2c(N)cccc2F)c1. The molecule has 0 atom stereocenters. The monoisotopic (exact) mass is 218 g/mol. The second kappa shape index (κ2) is 4.18. The standard InChI is InChI=1S/C12H11FN2O/c1-8-5-6-15-11(7-8)16-12-9(13)3-2-4-10(12)14/h2-7H,14H2,1H3. The van der Waals surface area contributed by atoms with Gasteiger partial charge in [-0.05, 0) is 30.7 Å². The summed E-state index contributed by atoms with van der Waals surface area (Å²) in [5.41, 5.74) is 6.85. The van der Waals surface area contributed by atoms with Crippen molar-refractivity contribution in [1.29, 1.82) is 0 Å². The van der Waals surface area contributed by atoms with Crippen LogP contribution in [-0.4, -0.2) is 4.98 Å². The largest absolute Gasteiger partial charge is 0.434 e. The summed E-state index contributed by atoms with van der Waals surface area (Å²) in [6.45, 7) is 1.90. The zero-order valence-electron chi connectivity index (χ0n) is 8.77. The van der Waals surface area contributed by atoms with Crippen LogP contribution in [0.15, 0.2) is 36.5 Å². The van der Waals surface area contributed by atoms with E-state index in [0.717, 1.165) is 5.56 Å². The van der Waals surface area contributed by atoms with Crippen LogP contribution in [0.25, 0.3) is 0 Å². The predicted molar refractivity (Wildman–Crippen MR) is 59.9 cm³/mol. The number of benzene rings is 1. The molecule has 82 valence electrons. The lowest BCUT2D eigenvalue weighted by atomic mass is 10.3. The van der Waals surface area contributed by atoms with E-state index in [-0.39, 0.29) is 11.4 Å². The van der Waals surface area contributed by atoms with Crippen molar-refractivity contribution in [3.8, 4) is 11.6 Å². The molecule has 0 amide bonds. The molecule has 0 aliphatic carbocycles. The molecule has 16 heavy (non-hydrogen) atoms. The molecule has 1 aromatic heterocycles. The maximum atomic E-state index is 13.4. The van der Waals surface area contributed by atoms with Crippen molar-refractivity contribution < 1.29 is 9.13 Å². The van der Waals surface area contributed by atoms with E-state index in [2.05, 4.69) is 4.98 Å².